The van der Waals surface area contributed by atoms with Gasteiger partial charge < -0.3 is 20.9 Å². The van der Waals surface area contributed by atoms with Gasteiger partial charge in [-0.15, -0.1) is 0 Å². The molecule has 0 spiro atoms. The van der Waals surface area contributed by atoms with Crippen LogP contribution in [0.5, 0.6) is 23.0 Å². The quantitative estimate of drug-likeness (QED) is 0.168. The Balaban J connectivity index is 1.41. The van der Waals surface area contributed by atoms with Crippen LogP contribution in [0.25, 0.3) is 34.2 Å². The number of nitrogens with zero attached hydrogens (tertiary/aromatic N) is 3. The van der Waals surface area contributed by atoms with Gasteiger partial charge in [0.2, 0.25) is 0 Å². The molecule has 6 rings (SSSR count). The molecule has 1 aromatic heterocycles. The van der Waals surface area contributed by atoms with Crippen molar-refractivity contribution in [2.24, 2.45) is 0 Å². The average Bonchev–Trinajstić information content (AvgIpc) is 3.05. The van der Waals surface area contributed by atoms with Crippen LogP contribution in [0.3, 0.4) is 0 Å². The van der Waals surface area contributed by atoms with Crippen LogP contribution in [0.4, 0.5) is 11.4 Å². The third-order valence-corrected chi connectivity index (χ3v) is 8.68. The molecule has 0 bridgehead atoms. The highest BCUT2D eigenvalue weighted by Gasteiger charge is 2.18. The molecule has 0 aliphatic heterocycles. The Morgan fingerprint density at radius 2 is 0.708 bits per heavy atom. The highest BCUT2D eigenvalue weighted by Crippen LogP contribution is 2.37. The lowest BCUT2D eigenvalue weighted by Crippen LogP contribution is -2.02. The molecule has 0 aliphatic rings. The molecule has 7 heteroatoms. The van der Waals surface area contributed by atoms with Gasteiger partial charge in [-0.2, -0.15) is 0 Å². The van der Waals surface area contributed by atoms with Crippen molar-refractivity contribution >= 4 is 11.4 Å². The molecule has 4 N–H and O–H groups in total. The minimum atomic E-state index is 0.583. The Bertz CT molecular complexity index is 1970. The van der Waals surface area contributed by atoms with Crippen molar-refractivity contribution in [3.05, 3.63) is 123 Å². The average molecular weight is 636 g/mol. The van der Waals surface area contributed by atoms with Crippen LogP contribution in [0.2, 0.25) is 0 Å². The smallest absolute Gasteiger partial charge is 0.164 e. The topological polar surface area (TPSA) is 109 Å². The van der Waals surface area contributed by atoms with Crippen LogP contribution in [0.15, 0.2) is 78.9 Å². The number of aryl methyl sites for hydroxylation is 8. The molecular weight excluding hydrogens is 594 g/mol. The zero-order chi connectivity index (χ0) is 34.3. The van der Waals surface area contributed by atoms with Crippen molar-refractivity contribution in [3.8, 4) is 57.2 Å². The first-order valence-corrected chi connectivity index (χ1v) is 16.0. The standard InChI is InChI=1S/C41H41N5O2/c1-22-18-33(19-23(2)35(22)42)47-37-26(5)14-31(15-27(37)6)40-44-39(30-12-10-9-11-13-30)45-41(46-40)32-16-28(7)38(29(8)17-32)48-34-20-24(3)36(43)25(4)21-34/h9-21H,42-43H2,1-8H3. The first kappa shape index (κ1) is 32.3. The van der Waals surface area contributed by atoms with Gasteiger partial charge in [0.15, 0.2) is 17.5 Å². The van der Waals surface area contributed by atoms with Gasteiger partial charge in [-0.25, -0.2) is 15.0 Å². The van der Waals surface area contributed by atoms with E-state index in [1.54, 1.807) is 0 Å². The maximum absolute atomic E-state index is 6.41. The number of rotatable bonds is 7. The van der Waals surface area contributed by atoms with Crippen molar-refractivity contribution in [1.82, 2.24) is 15.0 Å². The number of aromatic nitrogens is 3. The second-order valence-electron chi connectivity index (χ2n) is 12.7. The van der Waals surface area contributed by atoms with E-state index in [2.05, 4.69) is 24.3 Å². The molecule has 0 fully saturated rings. The summed E-state index contributed by atoms with van der Waals surface area (Å²) in [6.07, 6.45) is 0. The minimum Gasteiger partial charge on any atom is -0.457 e. The number of anilines is 2. The van der Waals surface area contributed by atoms with Gasteiger partial charge in [-0.1, -0.05) is 30.3 Å². The molecule has 0 aliphatic carbocycles. The Morgan fingerprint density at radius 1 is 0.396 bits per heavy atom. The van der Waals surface area contributed by atoms with E-state index >= 15 is 0 Å². The minimum absolute atomic E-state index is 0.583. The van der Waals surface area contributed by atoms with Crippen LogP contribution >= 0.6 is 0 Å². The summed E-state index contributed by atoms with van der Waals surface area (Å²) in [5, 5.41) is 0. The summed E-state index contributed by atoms with van der Waals surface area (Å²) >= 11 is 0. The number of nitrogens with two attached hydrogens (primary N) is 2. The molecule has 1 heterocycles. The van der Waals surface area contributed by atoms with E-state index in [-0.39, 0.29) is 0 Å². The van der Waals surface area contributed by atoms with Crippen LogP contribution in [0, 0.1) is 55.4 Å². The second kappa shape index (κ2) is 12.8. The predicted molar refractivity (Wildman–Crippen MR) is 196 cm³/mol. The third-order valence-electron chi connectivity index (χ3n) is 8.68. The normalized spacial score (nSPS) is 11.1. The molecule has 0 saturated heterocycles. The van der Waals surface area contributed by atoms with Gasteiger partial charge in [-0.05, 0) is 148 Å². The van der Waals surface area contributed by atoms with Gasteiger partial charge in [0.1, 0.15) is 23.0 Å². The lowest BCUT2D eigenvalue weighted by molar-refractivity contribution is 0.474. The zero-order valence-corrected chi connectivity index (χ0v) is 28.8. The fourth-order valence-electron chi connectivity index (χ4n) is 6.05. The highest BCUT2D eigenvalue weighted by molar-refractivity contribution is 5.70. The maximum Gasteiger partial charge on any atom is 0.164 e. The Kier molecular flexibility index (Phi) is 8.63. The molecular formula is C41H41N5O2. The summed E-state index contributed by atoms with van der Waals surface area (Å²) in [6.45, 7) is 16.1. The zero-order valence-electron chi connectivity index (χ0n) is 28.8. The maximum atomic E-state index is 6.41. The number of hydrogen-bond acceptors (Lipinski definition) is 7. The van der Waals surface area contributed by atoms with E-state index in [0.717, 1.165) is 95.6 Å². The summed E-state index contributed by atoms with van der Waals surface area (Å²) < 4.78 is 12.8. The van der Waals surface area contributed by atoms with E-state index in [9.17, 15) is 0 Å². The third kappa shape index (κ3) is 6.45. The van der Waals surface area contributed by atoms with Crippen LogP contribution in [-0.4, -0.2) is 15.0 Å². The Hall–Kier alpha value is -5.69. The van der Waals surface area contributed by atoms with E-state index in [1.165, 1.54) is 0 Å². The summed E-state index contributed by atoms with van der Waals surface area (Å²) in [7, 11) is 0. The second-order valence-corrected chi connectivity index (χ2v) is 12.7. The van der Waals surface area contributed by atoms with Gasteiger partial charge in [0.25, 0.3) is 0 Å². The summed E-state index contributed by atoms with van der Waals surface area (Å²) in [5.41, 5.74) is 24.5. The van der Waals surface area contributed by atoms with Crippen molar-refractivity contribution in [2.75, 3.05) is 11.5 Å². The molecule has 6 aromatic rings. The SMILES string of the molecule is Cc1cc(Oc2c(C)cc(-c3nc(-c4ccccc4)nc(-c4cc(C)c(Oc5cc(C)c(N)c(C)c5)c(C)c4)n3)cc2C)cc(C)c1N. The van der Waals surface area contributed by atoms with Gasteiger partial charge in [0.05, 0.1) is 0 Å². The van der Waals surface area contributed by atoms with Gasteiger partial charge >= 0.3 is 0 Å². The largest absolute Gasteiger partial charge is 0.457 e. The summed E-state index contributed by atoms with van der Waals surface area (Å²) in [5.74, 6) is 4.88. The molecule has 242 valence electrons. The first-order chi connectivity index (χ1) is 22.9. The van der Waals surface area contributed by atoms with E-state index < -0.39 is 0 Å². The summed E-state index contributed by atoms with van der Waals surface area (Å²) in [6, 6.07) is 26.1. The number of ether oxygens (including phenoxy) is 2. The fourth-order valence-corrected chi connectivity index (χ4v) is 6.05. The fraction of sp³-hybridized carbons (Fsp3) is 0.195. The molecule has 48 heavy (non-hydrogen) atoms. The van der Waals surface area contributed by atoms with Crippen LogP contribution in [-0.2, 0) is 0 Å². The van der Waals surface area contributed by atoms with E-state index in [0.29, 0.717) is 17.5 Å². The van der Waals surface area contributed by atoms with Crippen molar-refractivity contribution in [1.29, 1.82) is 0 Å². The predicted octanol–water partition coefficient (Wildman–Crippen LogP) is 10.1. The molecule has 0 amide bonds. The Morgan fingerprint density at radius 3 is 1.04 bits per heavy atom. The molecule has 0 unspecified atom stereocenters. The highest BCUT2D eigenvalue weighted by atomic mass is 16.5. The monoisotopic (exact) mass is 635 g/mol. The van der Waals surface area contributed by atoms with Crippen molar-refractivity contribution in [2.45, 2.75) is 55.4 Å². The van der Waals surface area contributed by atoms with Crippen molar-refractivity contribution in [3.63, 3.8) is 0 Å². The van der Waals surface area contributed by atoms with Gasteiger partial charge in [0, 0.05) is 28.1 Å². The number of benzene rings is 5. The van der Waals surface area contributed by atoms with Crippen LogP contribution in [0.1, 0.15) is 44.5 Å². The number of nitrogen functional groups attached to an aromatic ring is 2. The van der Waals surface area contributed by atoms with Gasteiger partial charge in [-0.3, -0.25) is 0 Å². The summed E-state index contributed by atoms with van der Waals surface area (Å²) in [4.78, 5) is 14.9. The molecule has 7 nitrogen and oxygen atoms in total. The van der Waals surface area contributed by atoms with Crippen molar-refractivity contribution < 1.29 is 9.47 Å². The van der Waals surface area contributed by atoms with E-state index in [4.69, 9.17) is 35.9 Å². The number of hydrogen-bond donors (Lipinski definition) is 2. The molecule has 0 radical (unpaired) electrons. The van der Waals surface area contributed by atoms with Crippen LogP contribution < -0.4 is 20.9 Å². The lowest BCUT2D eigenvalue weighted by atomic mass is 10.0. The van der Waals surface area contributed by atoms with E-state index in [1.807, 2.05) is 110 Å². The molecule has 0 saturated carbocycles. The lowest BCUT2D eigenvalue weighted by Gasteiger charge is -2.17. The molecule has 0 atom stereocenters. The Labute approximate surface area is 282 Å². The molecule has 5 aromatic carbocycles. The first-order valence-electron chi connectivity index (χ1n) is 16.0.